The van der Waals surface area contributed by atoms with Crippen LogP contribution in [0.1, 0.15) is 0 Å². The van der Waals surface area contributed by atoms with E-state index in [1.807, 2.05) is 0 Å². The predicted molar refractivity (Wildman–Crippen MR) is 34.3 cm³/mol. The zero-order chi connectivity index (χ0) is 7.61. The summed E-state index contributed by atoms with van der Waals surface area (Å²) in [5, 5.41) is 0. The predicted octanol–water partition coefficient (Wildman–Crippen LogP) is 0.806. The van der Waals surface area contributed by atoms with Crippen molar-refractivity contribution in [1.29, 1.82) is 0 Å². The lowest BCUT2D eigenvalue weighted by atomic mass is 10.4. The molecule has 0 saturated carbocycles. The molecular weight excluding hydrogens is 152 g/mol. The minimum absolute atomic E-state index is 0.185. The molecule has 0 aromatic heterocycles. The number of hydrogen-bond acceptors (Lipinski definition) is 2. The smallest absolute Gasteiger partial charge is 0.192 e. The third kappa shape index (κ3) is 1.55. The SMILES string of the molecule is [O]S(=O)(=O)c1ccccc1. The monoisotopic (exact) mass is 157 g/mol. The largest absolute Gasteiger partial charge is 0.324 e. The molecule has 1 aromatic rings. The van der Waals surface area contributed by atoms with Crippen molar-refractivity contribution in [3.05, 3.63) is 30.3 Å². The highest BCUT2D eigenvalue weighted by atomic mass is 32.2. The summed E-state index contributed by atoms with van der Waals surface area (Å²) < 4.78 is 30.8. The molecule has 0 heterocycles. The Kier molecular flexibility index (Phi) is 1.74. The topological polar surface area (TPSA) is 54.0 Å². The number of hydrogen-bond donors (Lipinski definition) is 0. The summed E-state index contributed by atoms with van der Waals surface area (Å²) in [4.78, 5) is -0.185. The Morgan fingerprint density at radius 1 is 1.00 bits per heavy atom. The summed E-state index contributed by atoms with van der Waals surface area (Å²) in [5.41, 5.74) is 0. The van der Waals surface area contributed by atoms with Gasteiger partial charge in [-0.3, -0.25) is 0 Å². The maximum Gasteiger partial charge on any atom is 0.324 e. The van der Waals surface area contributed by atoms with E-state index in [2.05, 4.69) is 0 Å². The van der Waals surface area contributed by atoms with E-state index in [1.165, 1.54) is 24.3 Å². The maximum absolute atomic E-state index is 10.3. The average molecular weight is 157 g/mol. The Morgan fingerprint density at radius 2 is 1.50 bits per heavy atom. The second-order valence-corrected chi connectivity index (χ2v) is 3.15. The molecular formula is C6H5O3S. The van der Waals surface area contributed by atoms with E-state index >= 15 is 0 Å². The molecule has 0 saturated heterocycles. The highest BCUT2D eigenvalue weighted by Crippen LogP contribution is 2.05. The molecule has 1 radical (unpaired) electrons. The zero-order valence-electron chi connectivity index (χ0n) is 5.02. The quantitative estimate of drug-likeness (QED) is 0.605. The molecule has 0 amide bonds. The van der Waals surface area contributed by atoms with E-state index in [4.69, 9.17) is 0 Å². The molecule has 0 bridgehead atoms. The van der Waals surface area contributed by atoms with Gasteiger partial charge >= 0.3 is 10.1 Å². The van der Waals surface area contributed by atoms with Crippen LogP contribution in [-0.2, 0) is 14.7 Å². The second kappa shape index (κ2) is 2.40. The van der Waals surface area contributed by atoms with Crippen LogP contribution in [0.2, 0.25) is 0 Å². The van der Waals surface area contributed by atoms with Crippen molar-refractivity contribution in [2.45, 2.75) is 4.90 Å². The molecule has 0 aliphatic rings. The first-order valence-corrected chi connectivity index (χ1v) is 4.02. The molecule has 1 aromatic carbocycles. The fraction of sp³-hybridized carbons (Fsp3) is 0. The van der Waals surface area contributed by atoms with Crippen LogP contribution in [-0.4, -0.2) is 8.42 Å². The van der Waals surface area contributed by atoms with Crippen molar-refractivity contribution in [2.24, 2.45) is 0 Å². The van der Waals surface area contributed by atoms with Crippen LogP contribution in [0.3, 0.4) is 0 Å². The maximum atomic E-state index is 10.3. The first kappa shape index (κ1) is 7.24. The van der Waals surface area contributed by atoms with Crippen LogP contribution >= 0.6 is 0 Å². The molecule has 4 heteroatoms. The zero-order valence-corrected chi connectivity index (χ0v) is 5.84. The number of benzene rings is 1. The second-order valence-electron chi connectivity index (χ2n) is 1.77. The van der Waals surface area contributed by atoms with Crippen molar-refractivity contribution in [1.82, 2.24) is 0 Å². The van der Waals surface area contributed by atoms with Gasteiger partial charge in [0.15, 0.2) is 0 Å². The highest BCUT2D eigenvalue weighted by Gasteiger charge is 2.08. The molecule has 0 aliphatic heterocycles. The fourth-order valence-corrected chi connectivity index (χ4v) is 1.08. The fourth-order valence-electron chi connectivity index (χ4n) is 0.587. The average Bonchev–Trinajstić information content (AvgIpc) is 1.88. The summed E-state index contributed by atoms with van der Waals surface area (Å²) >= 11 is 0. The van der Waals surface area contributed by atoms with Crippen LogP contribution in [0.15, 0.2) is 35.2 Å². The van der Waals surface area contributed by atoms with Crippen molar-refractivity contribution >= 4 is 10.1 Å². The highest BCUT2D eigenvalue weighted by molar-refractivity contribution is 7.85. The standard InChI is InChI=1S/C6H5O3S/c7-10(8,9)6-4-2-1-3-5-6/h1-5H. The van der Waals surface area contributed by atoms with Crippen LogP contribution in [0.5, 0.6) is 0 Å². The molecule has 0 spiro atoms. The van der Waals surface area contributed by atoms with Crippen molar-refractivity contribution in [2.75, 3.05) is 0 Å². The lowest BCUT2D eigenvalue weighted by Crippen LogP contribution is -1.94. The molecule has 0 fully saturated rings. The summed E-state index contributed by atoms with van der Waals surface area (Å²) in [6, 6.07) is 7.19. The molecule has 3 nitrogen and oxygen atoms in total. The first-order chi connectivity index (χ1) is 4.61. The van der Waals surface area contributed by atoms with Gasteiger partial charge in [0.05, 0.1) is 4.90 Å². The third-order valence-corrected chi connectivity index (χ3v) is 1.88. The Balaban J connectivity index is 3.22. The van der Waals surface area contributed by atoms with E-state index in [1.54, 1.807) is 6.07 Å². The summed E-state index contributed by atoms with van der Waals surface area (Å²) in [5.74, 6) is 0. The Labute approximate surface area is 59.1 Å². The summed E-state index contributed by atoms with van der Waals surface area (Å²) in [6.45, 7) is 0. The van der Waals surface area contributed by atoms with Gasteiger partial charge in [-0.25, -0.2) is 0 Å². The van der Waals surface area contributed by atoms with E-state index in [0.29, 0.717) is 0 Å². The Bertz CT molecular complexity index is 301. The molecule has 0 aliphatic carbocycles. The van der Waals surface area contributed by atoms with Crippen LogP contribution < -0.4 is 0 Å². The molecule has 0 unspecified atom stereocenters. The van der Waals surface area contributed by atoms with Gasteiger partial charge in [0.25, 0.3) is 0 Å². The van der Waals surface area contributed by atoms with E-state index in [0.717, 1.165) is 0 Å². The van der Waals surface area contributed by atoms with Gasteiger partial charge in [0.1, 0.15) is 0 Å². The molecule has 10 heavy (non-hydrogen) atoms. The van der Waals surface area contributed by atoms with Gasteiger partial charge in [-0.05, 0) is 12.1 Å². The molecule has 0 atom stereocenters. The normalized spacial score (nSPS) is 11.3. The first-order valence-electron chi connectivity index (χ1n) is 2.61. The lowest BCUT2D eigenvalue weighted by Gasteiger charge is -1.89. The minimum Gasteiger partial charge on any atom is -0.192 e. The van der Waals surface area contributed by atoms with E-state index < -0.39 is 10.1 Å². The van der Waals surface area contributed by atoms with Crippen molar-refractivity contribution < 1.29 is 13.0 Å². The van der Waals surface area contributed by atoms with Gasteiger partial charge in [-0.1, -0.05) is 22.8 Å². The van der Waals surface area contributed by atoms with Crippen molar-refractivity contribution in [3.63, 3.8) is 0 Å². The molecule has 1 rings (SSSR count). The summed E-state index contributed by atoms with van der Waals surface area (Å²) in [6.07, 6.45) is 0. The van der Waals surface area contributed by atoms with E-state index in [9.17, 15) is 13.0 Å². The molecule has 53 valence electrons. The van der Waals surface area contributed by atoms with Crippen molar-refractivity contribution in [3.8, 4) is 0 Å². The lowest BCUT2D eigenvalue weighted by molar-refractivity contribution is 0.414. The van der Waals surface area contributed by atoms with Gasteiger partial charge in [-0.2, -0.15) is 8.42 Å². The third-order valence-electron chi connectivity index (χ3n) is 1.03. The summed E-state index contributed by atoms with van der Waals surface area (Å²) in [7, 11) is -4.25. The Hall–Kier alpha value is -0.870. The molecule has 0 N–H and O–H groups in total. The minimum atomic E-state index is -4.25. The van der Waals surface area contributed by atoms with Crippen LogP contribution in [0.25, 0.3) is 0 Å². The van der Waals surface area contributed by atoms with Gasteiger partial charge in [-0.15, -0.1) is 0 Å². The van der Waals surface area contributed by atoms with Crippen LogP contribution in [0.4, 0.5) is 0 Å². The van der Waals surface area contributed by atoms with E-state index in [-0.39, 0.29) is 4.90 Å². The van der Waals surface area contributed by atoms with Gasteiger partial charge in [0.2, 0.25) is 0 Å². The number of rotatable bonds is 1. The van der Waals surface area contributed by atoms with Crippen LogP contribution in [0, 0.1) is 0 Å². The Morgan fingerprint density at radius 3 is 1.80 bits per heavy atom. The van der Waals surface area contributed by atoms with Gasteiger partial charge < -0.3 is 0 Å². The van der Waals surface area contributed by atoms with Gasteiger partial charge in [0, 0.05) is 0 Å².